The van der Waals surface area contributed by atoms with Gasteiger partial charge in [-0.2, -0.15) is 4.98 Å². The maximum atomic E-state index is 5.11. The van der Waals surface area contributed by atoms with E-state index in [1.165, 1.54) is 5.69 Å². The summed E-state index contributed by atoms with van der Waals surface area (Å²) >= 11 is 3.50. The molecule has 0 radical (unpaired) electrons. The number of nitrogens with one attached hydrogen (secondary N) is 1. The molecule has 2 aromatic heterocycles. The molecule has 1 N–H and O–H groups in total. The number of nitrogens with zero attached hydrogens (tertiary/aromatic N) is 5. The van der Waals surface area contributed by atoms with Crippen LogP contribution >= 0.6 is 39.9 Å². The van der Waals surface area contributed by atoms with Gasteiger partial charge in [0.15, 0.2) is 11.8 Å². The van der Waals surface area contributed by atoms with Crippen LogP contribution in [0, 0.1) is 6.92 Å². The zero-order valence-electron chi connectivity index (χ0n) is 14.4. The van der Waals surface area contributed by atoms with Gasteiger partial charge < -0.3 is 19.3 Å². The van der Waals surface area contributed by atoms with E-state index in [2.05, 4.69) is 58.8 Å². The Balaban J connectivity index is 0.00000288. The Morgan fingerprint density at radius 2 is 2.25 bits per heavy atom. The number of aromatic nitrogens is 3. The van der Waals surface area contributed by atoms with Crippen molar-refractivity contribution in [2.75, 3.05) is 20.1 Å². The van der Waals surface area contributed by atoms with Crippen LogP contribution < -0.4 is 5.32 Å². The fourth-order valence-corrected chi connectivity index (χ4v) is 2.78. The molecule has 2 aromatic rings. The van der Waals surface area contributed by atoms with Gasteiger partial charge >= 0.3 is 0 Å². The molecular weight excluding hydrogens is 487 g/mol. The summed E-state index contributed by atoms with van der Waals surface area (Å²) in [6.07, 6.45) is 2.68. The molecule has 0 saturated carbocycles. The summed E-state index contributed by atoms with van der Waals surface area (Å²) in [5.74, 6) is 2.14. The standard InChI is InChI=1S/C15H23BrN6O.HI/c1-5-17-15(18-7-6-14-19-11(2)20-23-14)22(4)10-13-8-12(16)9-21(13)3;/h8-9H,5-7,10H2,1-4H3,(H,17,18);1H. The molecule has 9 heteroatoms. The van der Waals surface area contributed by atoms with Gasteiger partial charge in [0.1, 0.15) is 0 Å². The van der Waals surface area contributed by atoms with Crippen LogP contribution in [0.3, 0.4) is 0 Å². The molecular formula is C15H24BrIN6O. The Morgan fingerprint density at radius 1 is 1.50 bits per heavy atom. The van der Waals surface area contributed by atoms with Gasteiger partial charge in [0.05, 0.1) is 13.1 Å². The molecule has 0 atom stereocenters. The molecule has 0 aliphatic rings. The number of hydrogen-bond donors (Lipinski definition) is 1. The molecule has 0 saturated heterocycles. The monoisotopic (exact) mass is 510 g/mol. The van der Waals surface area contributed by atoms with Crippen molar-refractivity contribution >= 4 is 45.9 Å². The summed E-state index contributed by atoms with van der Waals surface area (Å²) < 4.78 is 8.29. The molecule has 0 unspecified atom stereocenters. The number of aryl methyl sites for hydroxylation is 2. The van der Waals surface area contributed by atoms with Crippen LogP contribution in [0.15, 0.2) is 26.3 Å². The first-order valence-corrected chi connectivity index (χ1v) is 8.38. The van der Waals surface area contributed by atoms with E-state index in [4.69, 9.17) is 4.52 Å². The predicted molar refractivity (Wildman–Crippen MR) is 109 cm³/mol. The van der Waals surface area contributed by atoms with Gasteiger partial charge in [-0.05, 0) is 35.8 Å². The van der Waals surface area contributed by atoms with Gasteiger partial charge in [-0.1, -0.05) is 5.16 Å². The van der Waals surface area contributed by atoms with Gasteiger partial charge in [0.25, 0.3) is 0 Å². The van der Waals surface area contributed by atoms with Crippen LogP contribution in [0.2, 0.25) is 0 Å². The summed E-state index contributed by atoms with van der Waals surface area (Å²) in [6.45, 7) is 6.06. The summed E-state index contributed by atoms with van der Waals surface area (Å²) in [7, 11) is 4.06. The van der Waals surface area contributed by atoms with Crippen LogP contribution in [0.25, 0.3) is 0 Å². The van der Waals surface area contributed by atoms with Crippen molar-refractivity contribution in [2.45, 2.75) is 26.8 Å². The minimum absolute atomic E-state index is 0. The largest absolute Gasteiger partial charge is 0.357 e. The van der Waals surface area contributed by atoms with E-state index in [9.17, 15) is 0 Å². The van der Waals surface area contributed by atoms with Crippen LogP contribution in [-0.2, 0) is 20.0 Å². The minimum Gasteiger partial charge on any atom is -0.357 e. The fraction of sp³-hybridized carbons (Fsp3) is 0.533. The third-order valence-corrected chi connectivity index (χ3v) is 3.76. The fourth-order valence-electron chi connectivity index (χ4n) is 2.21. The smallest absolute Gasteiger partial charge is 0.228 e. The third-order valence-electron chi connectivity index (χ3n) is 3.33. The number of rotatable bonds is 6. The lowest BCUT2D eigenvalue weighted by molar-refractivity contribution is 0.375. The first kappa shape index (κ1) is 20.9. The molecule has 7 nitrogen and oxygen atoms in total. The van der Waals surface area contributed by atoms with Crippen molar-refractivity contribution < 1.29 is 4.52 Å². The lowest BCUT2D eigenvalue weighted by Crippen LogP contribution is -2.39. The predicted octanol–water partition coefficient (Wildman–Crippen LogP) is 2.74. The highest BCUT2D eigenvalue weighted by atomic mass is 127. The van der Waals surface area contributed by atoms with E-state index in [0.29, 0.717) is 24.7 Å². The van der Waals surface area contributed by atoms with Gasteiger partial charge in [0, 0.05) is 43.4 Å². The number of hydrogen-bond acceptors (Lipinski definition) is 4. The summed E-state index contributed by atoms with van der Waals surface area (Å²) in [6, 6.07) is 2.11. The van der Waals surface area contributed by atoms with Crippen LogP contribution in [0.1, 0.15) is 24.3 Å². The molecule has 2 rings (SSSR count). The van der Waals surface area contributed by atoms with Crippen LogP contribution in [-0.4, -0.2) is 45.7 Å². The normalized spacial score (nSPS) is 11.3. The molecule has 134 valence electrons. The van der Waals surface area contributed by atoms with E-state index >= 15 is 0 Å². The van der Waals surface area contributed by atoms with Gasteiger partial charge in [-0.3, -0.25) is 4.99 Å². The molecule has 0 aromatic carbocycles. The molecule has 0 aliphatic carbocycles. The molecule has 0 amide bonds. The molecule has 0 spiro atoms. The SMILES string of the molecule is CCNC(=NCCc1nc(C)no1)N(C)Cc1cc(Br)cn1C.I. The zero-order valence-corrected chi connectivity index (χ0v) is 18.3. The Bertz CT molecular complexity index is 669. The van der Waals surface area contributed by atoms with Crippen LogP contribution in [0.5, 0.6) is 0 Å². The summed E-state index contributed by atoms with van der Waals surface area (Å²) in [4.78, 5) is 10.9. The highest BCUT2D eigenvalue weighted by Crippen LogP contribution is 2.15. The quantitative estimate of drug-likeness (QED) is 0.367. The summed E-state index contributed by atoms with van der Waals surface area (Å²) in [5, 5.41) is 7.09. The van der Waals surface area contributed by atoms with Crippen molar-refractivity contribution in [3.8, 4) is 0 Å². The van der Waals surface area contributed by atoms with Crippen LogP contribution in [0.4, 0.5) is 0 Å². The lowest BCUT2D eigenvalue weighted by Gasteiger charge is -2.22. The van der Waals surface area contributed by atoms with Crippen molar-refractivity contribution in [3.05, 3.63) is 34.1 Å². The maximum Gasteiger partial charge on any atom is 0.228 e. The highest BCUT2D eigenvalue weighted by Gasteiger charge is 2.10. The van der Waals surface area contributed by atoms with E-state index in [1.54, 1.807) is 0 Å². The van der Waals surface area contributed by atoms with Crippen molar-refractivity contribution in [1.82, 2.24) is 24.9 Å². The van der Waals surface area contributed by atoms with Crippen molar-refractivity contribution in [2.24, 2.45) is 12.0 Å². The van der Waals surface area contributed by atoms with Gasteiger partial charge in [0.2, 0.25) is 5.89 Å². The second-order valence-corrected chi connectivity index (χ2v) is 6.25. The Morgan fingerprint density at radius 3 is 2.79 bits per heavy atom. The minimum atomic E-state index is 0. The second-order valence-electron chi connectivity index (χ2n) is 5.34. The van der Waals surface area contributed by atoms with E-state index in [1.807, 2.05) is 27.2 Å². The Labute approximate surface area is 168 Å². The number of aliphatic imine (C=N–C) groups is 1. The zero-order chi connectivity index (χ0) is 16.8. The molecule has 24 heavy (non-hydrogen) atoms. The first-order chi connectivity index (χ1) is 11.0. The molecule has 0 fully saturated rings. The molecule has 0 aliphatic heterocycles. The average molecular weight is 511 g/mol. The number of guanidine groups is 1. The van der Waals surface area contributed by atoms with E-state index in [0.717, 1.165) is 23.5 Å². The third kappa shape index (κ3) is 6.08. The van der Waals surface area contributed by atoms with Crippen molar-refractivity contribution in [1.29, 1.82) is 0 Å². The molecule has 0 bridgehead atoms. The van der Waals surface area contributed by atoms with Gasteiger partial charge in [-0.25, -0.2) is 0 Å². The Kier molecular flexibility index (Phi) is 8.74. The molecule has 2 heterocycles. The van der Waals surface area contributed by atoms with E-state index < -0.39 is 0 Å². The maximum absolute atomic E-state index is 5.11. The lowest BCUT2D eigenvalue weighted by atomic mass is 10.4. The van der Waals surface area contributed by atoms with Gasteiger partial charge in [-0.15, -0.1) is 24.0 Å². The van der Waals surface area contributed by atoms with E-state index in [-0.39, 0.29) is 24.0 Å². The average Bonchev–Trinajstić information content (AvgIpc) is 3.03. The van der Waals surface area contributed by atoms with Crippen molar-refractivity contribution in [3.63, 3.8) is 0 Å². The topological polar surface area (TPSA) is 71.5 Å². The highest BCUT2D eigenvalue weighted by molar-refractivity contribution is 14.0. The number of halogens is 2. The second kappa shape index (κ2) is 10.0. The first-order valence-electron chi connectivity index (χ1n) is 7.59. The summed E-state index contributed by atoms with van der Waals surface area (Å²) in [5.41, 5.74) is 1.21. The Hall–Kier alpha value is -1.10.